The summed E-state index contributed by atoms with van der Waals surface area (Å²) >= 11 is 0. The Hall–Kier alpha value is -1.21. The number of aliphatic hydroxyl groups excluding tert-OH is 1. The van der Waals surface area contributed by atoms with E-state index in [2.05, 4.69) is 5.92 Å². The molecule has 1 aliphatic rings. The Morgan fingerprint density at radius 3 is 2.55 bits per heavy atom. The molecular formula is C7H9NO3. The third-order valence-corrected chi connectivity index (χ3v) is 1.77. The number of terminal acetylenes is 1. The second-order valence-corrected chi connectivity index (χ2v) is 2.53. The van der Waals surface area contributed by atoms with Gasteiger partial charge in [-0.1, -0.05) is 5.92 Å². The van der Waals surface area contributed by atoms with Crippen LogP contribution in [0.25, 0.3) is 0 Å². The molecule has 0 aromatic carbocycles. The molecule has 2 N–H and O–H groups in total. The van der Waals surface area contributed by atoms with E-state index in [1.807, 2.05) is 0 Å². The Bertz CT molecular complexity index is 208. The summed E-state index contributed by atoms with van der Waals surface area (Å²) in [6, 6.07) is 0. The van der Waals surface area contributed by atoms with E-state index in [0.29, 0.717) is 0 Å². The van der Waals surface area contributed by atoms with Gasteiger partial charge in [-0.15, -0.1) is 6.42 Å². The summed E-state index contributed by atoms with van der Waals surface area (Å²) in [5, 5.41) is 17.7. The number of β-amino-alcohol motifs (C(OH)–C–C–N with tert-alkyl or cyclic N) is 1. The number of hydrogen-bond donors (Lipinski definition) is 2. The van der Waals surface area contributed by atoms with Crippen LogP contribution in [0.3, 0.4) is 0 Å². The van der Waals surface area contributed by atoms with Gasteiger partial charge in [0, 0.05) is 6.54 Å². The molecule has 0 saturated carbocycles. The molecule has 0 radical (unpaired) electrons. The predicted octanol–water partition coefficient (Wildman–Crippen LogP) is -0.410. The number of aliphatic hydroxyl groups is 1. The maximum Gasteiger partial charge on any atom is 0.407 e. The second-order valence-electron chi connectivity index (χ2n) is 2.53. The van der Waals surface area contributed by atoms with Crippen molar-refractivity contribution in [3.05, 3.63) is 0 Å². The smallest absolute Gasteiger partial charge is 0.407 e. The average molecular weight is 155 g/mol. The molecule has 60 valence electrons. The molecular weight excluding hydrogens is 146 g/mol. The summed E-state index contributed by atoms with van der Waals surface area (Å²) in [7, 11) is 0. The number of carboxylic acid groups (broad SMARTS) is 1. The van der Waals surface area contributed by atoms with E-state index < -0.39 is 12.2 Å². The predicted molar refractivity (Wildman–Crippen MR) is 37.9 cm³/mol. The van der Waals surface area contributed by atoms with E-state index in [1.54, 1.807) is 0 Å². The van der Waals surface area contributed by atoms with E-state index in [9.17, 15) is 4.79 Å². The first-order valence-electron chi connectivity index (χ1n) is 3.27. The lowest BCUT2D eigenvalue weighted by molar-refractivity contribution is 0.137. The molecule has 2 atom stereocenters. The van der Waals surface area contributed by atoms with E-state index in [0.717, 1.165) is 4.90 Å². The van der Waals surface area contributed by atoms with Crippen molar-refractivity contribution in [1.29, 1.82) is 0 Å². The normalized spacial score (nSPS) is 30.0. The molecule has 1 aliphatic heterocycles. The van der Waals surface area contributed by atoms with Crippen LogP contribution in [0, 0.1) is 18.3 Å². The van der Waals surface area contributed by atoms with E-state index in [-0.39, 0.29) is 19.0 Å². The topological polar surface area (TPSA) is 60.8 Å². The molecule has 0 aliphatic carbocycles. The lowest BCUT2D eigenvalue weighted by Crippen LogP contribution is -2.27. The highest BCUT2D eigenvalue weighted by Crippen LogP contribution is 2.15. The molecule has 1 fully saturated rings. The minimum absolute atomic E-state index is 0.129. The van der Waals surface area contributed by atoms with Crippen molar-refractivity contribution in [2.75, 3.05) is 13.1 Å². The average Bonchev–Trinajstić information content (AvgIpc) is 2.31. The van der Waals surface area contributed by atoms with Crippen molar-refractivity contribution < 1.29 is 15.0 Å². The van der Waals surface area contributed by atoms with Gasteiger partial charge in [0.1, 0.15) is 0 Å². The van der Waals surface area contributed by atoms with E-state index in [4.69, 9.17) is 16.6 Å². The molecule has 1 saturated heterocycles. The monoisotopic (exact) mass is 155 g/mol. The highest BCUT2D eigenvalue weighted by molar-refractivity contribution is 5.65. The maximum atomic E-state index is 10.4. The standard InChI is InChI=1S/C7H9NO3/c1-2-5-3-8(7(10)11)4-6(5)9/h1,5-6,9H,3-4H2,(H,10,11)/t5-,6-/m0/s1. The molecule has 1 heterocycles. The van der Waals surface area contributed by atoms with Crippen molar-refractivity contribution in [1.82, 2.24) is 4.90 Å². The largest absolute Gasteiger partial charge is 0.465 e. The molecule has 0 aromatic heterocycles. The van der Waals surface area contributed by atoms with Crippen LogP contribution >= 0.6 is 0 Å². The summed E-state index contributed by atoms with van der Waals surface area (Å²) < 4.78 is 0. The summed E-state index contributed by atoms with van der Waals surface area (Å²) in [6.45, 7) is 0.372. The van der Waals surface area contributed by atoms with E-state index in [1.165, 1.54) is 0 Å². The maximum absolute atomic E-state index is 10.4. The number of rotatable bonds is 0. The van der Waals surface area contributed by atoms with Crippen molar-refractivity contribution in [2.24, 2.45) is 5.92 Å². The Balaban J connectivity index is 2.58. The third kappa shape index (κ3) is 1.44. The number of hydrogen-bond acceptors (Lipinski definition) is 2. The van der Waals surface area contributed by atoms with Gasteiger partial charge in [-0.05, 0) is 0 Å². The first kappa shape index (κ1) is 7.89. The first-order chi connectivity index (χ1) is 5.15. The molecule has 1 amide bonds. The van der Waals surface area contributed by atoms with Crippen molar-refractivity contribution >= 4 is 6.09 Å². The molecule has 0 bridgehead atoms. The molecule has 4 nitrogen and oxygen atoms in total. The van der Waals surface area contributed by atoms with Crippen LogP contribution in [-0.4, -0.2) is 40.4 Å². The lowest BCUT2D eigenvalue weighted by Gasteiger charge is -2.08. The van der Waals surface area contributed by atoms with Crippen LogP contribution in [0.5, 0.6) is 0 Å². The van der Waals surface area contributed by atoms with Gasteiger partial charge in [0.05, 0.1) is 18.6 Å². The van der Waals surface area contributed by atoms with Crippen LogP contribution < -0.4 is 0 Å². The van der Waals surface area contributed by atoms with Gasteiger partial charge in [-0.3, -0.25) is 0 Å². The van der Waals surface area contributed by atoms with Crippen LogP contribution in [0.2, 0.25) is 0 Å². The Labute approximate surface area is 64.4 Å². The van der Waals surface area contributed by atoms with Gasteiger partial charge in [-0.25, -0.2) is 4.79 Å². The summed E-state index contributed by atoms with van der Waals surface area (Å²) in [4.78, 5) is 11.5. The minimum Gasteiger partial charge on any atom is -0.465 e. The quantitative estimate of drug-likeness (QED) is 0.467. The zero-order valence-electron chi connectivity index (χ0n) is 5.90. The van der Waals surface area contributed by atoms with Gasteiger partial charge in [0.25, 0.3) is 0 Å². The molecule has 1 rings (SSSR count). The number of carbonyl (C=O) groups is 1. The zero-order chi connectivity index (χ0) is 8.43. The van der Waals surface area contributed by atoms with Crippen LogP contribution in [0.4, 0.5) is 4.79 Å². The first-order valence-corrected chi connectivity index (χ1v) is 3.27. The van der Waals surface area contributed by atoms with Gasteiger partial charge < -0.3 is 15.1 Å². The molecule has 0 aromatic rings. The summed E-state index contributed by atoms with van der Waals surface area (Å²) in [5.74, 6) is 2.00. The Morgan fingerprint density at radius 1 is 1.64 bits per heavy atom. The molecule has 11 heavy (non-hydrogen) atoms. The van der Waals surface area contributed by atoms with Crippen LogP contribution in [-0.2, 0) is 0 Å². The highest BCUT2D eigenvalue weighted by atomic mass is 16.4. The summed E-state index contributed by atoms with van der Waals surface area (Å²) in [5.41, 5.74) is 0. The van der Waals surface area contributed by atoms with Crippen molar-refractivity contribution in [3.63, 3.8) is 0 Å². The Kier molecular flexibility index (Phi) is 2.01. The lowest BCUT2D eigenvalue weighted by atomic mass is 10.1. The van der Waals surface area contributed by atoms with Gasteiger partial charge in [0.2, 0.25) is 0 Å². The second kappa shape index (κ2) is 2.81. The highest BCUT2D eigenvalue weighted by Gasteiger charge is 2.32. The van der Waals surface area contributed by atoms with E-state index >= 15 is 0 Å². The third-order valence-electron chi connectivity index (χ3n) is 1.77. The van der Waals surface area contributed by atoms with Crippen LogP contribution in [0.1, 0.15) is 0 Å². The fourth-order valence-electron chi connectivity index (χ4n) is 1.11. The summed E-state index contributed by atoms with van der Waals surface area (Å²) in [6.07, 6.45) is 3.33. The minimum atomic E-state index is -1.03. The van der Waals surface area contributed by atoms with Gasteiger partial charge >= 0.3 is 6.09 Å². The fourth-order valence-corrected chi connectivity index (χ4v) is 1.11. The van der Waals surface area contributed by atoms with Crippen LogP contribution in [0.15, 0.2) is 0 Å². The molecule has 0 spiro atoms. The van der Waals surface area contributed by atoms with Gasteiger partial charge in [0.15, 0.2) is 0 Å². The van der Waals surface area contributed by atoms with Crippen molar-refractivity contribution in [3.8, 4) is 12.3 Å². The number of likely N-dealkylation sites (tertiary alicyclic amines) is 1. The SMILES string of the molecule is C#C[C@H]1CN(C(=O)O)C[C@@H]1O. The molecule has 0 unspecified atom stereocenters. The number of nitrogens with zero attached hydrogens (tertiary/aromatic N) is 1. The fraction of sp³-hybridized carbons (Fsp3) is 0.571. The Morgan fingerprint density at radius 2 is 2.27 bits per heavy atom. The molecule has 4 heteroatoms. The number of amides is 1. The van der Waals surface area contributed by atoms with Crippen molar-refractivity contribution in [2.45, 2.75) is 6.10 Å². The van der Waals surface area contributed by atoms with Gasteiger partial charge in [-0.2, -0.15) is 0 Å². The zero-order valence-corrected chi connectivity index (χ0v) is 5.90.